The lowest BCUT2D eigenvalue weighted by Gasteiger charge is -2.07. The normalized spacial score (nSPS) is 11.9. The number of allylic oxidation sites excluding steroid dienone is 1. The van der Waals surface area contributed by atoms with Crippen molar-refractivity contribution in [2.45, 2.75) is 115 Å². The van der Waals surface area contributed by atoms with E-state index in [0.29, 0.717) is 19.4 Å². The summed E-state index contributed by atoms with van der Waals surface area (Å²) in [6.45, 7) is 4.36. The molecule has 0 aromatic heterocycles. The molecule has 0 aromatic rings. The zero-order valence-electron chi connectivity index (χ0n) is 17.9. The summed E-state index contributed by atoms with van der Waals surface area (Å²) in [5.41, 5.74) is 5.44. The molecule has 0 unspecified atom stereocenters. The number of carbonyl (C=O) groups is 2. The molecule has 0 aliphatic heterocycles. The summed E-state index contributed by atoms with van der Waals surface area (Å²) in [5, 5.41) is 11.6. The Morgan fingerprint density at radius 3 is 1.82 bits per heavy atom. The fourth-order valence-electron chi connectivity index (χ4n) is 3.27. The van der Waals surface area contributed by atoms with E-state index in [2.05, 4.69) is 11.9 Å². The molecular weight excluding hydrogens is 352 g/mol. The molecule has 0 saturated carbocycles. The maximum absolute atomic E-state index is 11.7. The van der Waals surface area contributed by atoms with Crippen LogP contribution < -0.4 is 11.1 Å². The minimum atomic E-state index is -0.959. The molecule has 0 aliphatic rings. The first-order chi connectivity index (χ1) is 13.6. The Morgan fingerprint density at radius 1 is 0.821 bits per heavy atom. The van der Waals surface area contributed by atoms with E-state index in [0.717, 1.165) is 32.1 Å². The molecule has 1 amide bonds. The van der Waals surface area contributed by atoms with Gasteiger partial charge in [-0.25, -0.2) is 0 Å². The van der Waals surface area contributed by atoms with Gasteiger partial charge in [-0.2, -0.15) is 0 Å². The molecule has 0 heterocycles. The van der Waals surface area contributed by atoms with Crippen LogP contribution >= 0.6 is 0 Å². The quantitative estimate of drug-likeness (QED) is 0.180. The number of rotatable bonds is 21. The molecule has 164 valence electrons. The summed E-state index contributed by atoms with van der Waals surface area (Å²) in [6, 6.07) is -0.789. The number of carboxylic acid groups (broad SMARTS) is 1. The lowest BCUT2D eigenvalue weighted by Crippen LogP contribution is -2.30. The average Bonchev–Trinajstić information content (AvgIpc) is 2.67. The van der Waals surface area contributed by atoms with Crippen molar-refractivity contribution < 1.29 is 14.7 Å². The lowest BCUT2D eigenvalue weighted by atomic mass is 10.0. The van der Waals surface area contributed by atoms with E-state index in [1.807, 2.05) is 6.08 Å². The Kier molecular flexibility index (Phi) is 19.4. The molecule has 1 atom stereocenters. The van der Waals surface area contributed by atoms with Gasteiger partial charge >= 0.3 is 5.97 Å². The van der Waals surface area contributed by atoms with Crippen molar-refractivity contribution in [3.63, 3.8) is 0 Å². The SMILES string of the molecule is C=CCCCCCCCCCCCCCCC(=O)NCCCC[C@H](N)C(=O)O. The first-order valence-corrected chi connectivity index (χ1v) is 11.4. The van der Waals surface area contributed by atoms with Crippen LogP contribution in [-0.2, 0) is 9.59 Å². The number of nitrogens with one attached hydrogen (secondary N) is 1. The van der Waals surface area contributed by atoms with E-state index in [-0.39, 0.29) is 5.91 Å². The number of unbranched alkanes of at least 4 members (excludes halogenated alkanes) is 13. The second-order valence-corrected chi connectivity index (χ2v) is 7.86. The van der Waals surface area contributed by atoms with Crippen LogP contribution in [0.4, 0.5) is 0 Å². The van der Waals surface area contributed by atoms with Crippen molar-refractivity contribution in [2.75, 3.05) is 6.54 Å². The smallest absolute Gasteiger partial charge is 0.320 e. The van der Waals surface area contributed by atoms with Gasteiger partial charge in [-0.05, 0) is 38.5 Å². The van der Waals surface area contributed by atoms with Gasteiger partial charge in [0.05, 0.1) is 0 Å². The van der Waals surface area contributed by atoms with Crippen molar-refractivity contribution >= 4 is 11.9 Å². The highest BCUT2D eigenvalue weighted by Gasteiger charge is 2.10. The number of carboxylic acids is 1. The third kappa shape index (κ3) is 19.4. The molecule has 0 saturated heterocycles. The van der Waals surface area contributed by atoms with Crippen LogP contribution in [-0.4, -0.2) is 29.6 Å². The van der Waals surface area contributed by atoms with Crippen LogP contribution in [0.15, 0.2) is 12.7 Å². The summed E-state index contributed by atoms with van der Waals surface area (Å²) in [4.78, 5) is 22.3. The van der Waals surface area contributed by atoms with Gasteiger partial charge in [0, 0.05) is 13.0 Å². The molecule has 0 radical (unpaired) electrons. The summed E-state index contributed by atoms with van der Waals surface area (Å²) in [7, 11) is 0. The monoisotopic (exact) mass is 396 g/mol. The summed E-state index contributed by atoms with van der Waals surface area (Å²) < 4.78 is 0. The topological polar surface area (TPSA) is 92.4 Å². The highest BCUT2D eigenvalue weighted by molar-refractivity contribution is 5.75. The molecule has 0 spiro atoms. The minimum absolute atomic E-state index is 0.107. The van der Waals surface area contributed by atoms with E-state index in [1.54, 1.807) is 0 Å². The van der Waals surface area contributed by atoms with Crippen molar-refractivity contribution in [1.29, 1.82) is 0 Å². The molecule has 0 bridgehead atoms. The van der Waals surface area contributed by atoms with Crippen LogP contribution in [0.3, 0.4) is 0 Å². The van der Waals surface area contributed by atoms with Gasteiger partial charge in [0.2, 0.25) is 5.91 Å². The fraction of sp³-hybridized carbons (Fsp3) is 0.826. The predicted octanol–water partition coefficient (Wildman–Crippen LogP) is 5.33. The second-order valence-electron chi connectivity index (χ2n) is 7.86. The van der Waals surface area contributed by atoms with Gasteiger partial charge in [0.25, 0.3) is 0 Å². The number of amides is 1. The molecular formula is C23H44N2O3. The van der Waals surface area contributed by atoms with Crippen molar-refractivity contribution in [1.82, 2.24) is 5.32 Å². The van der Waals surface area contributed by atoms with Crippen LogP contribution in [0.2, 0.25) is 0 Å². The highest BCUT2D eigenvalue weighted by Crippen LogP contribution is 2.13. The standard InChI is InChI=1S/C23H44N2O3/c1-2-3-4-5-6-7-8-9-10-11-12-13-14-15-19-22(26)25-20-17-16-18-21(24)23(27)28/h2,21H,1,3-20,24H2,(H,25,26)(H,27,28)/t21-/m0/s1. The lowest BCUT2D eigenvalue weighted by molar-refractivity contribution is -0.138. The van der Waals surface area contributed by atoms with Crippen LogP contribution in [0.1, 0.15) is 109 Å². The van der Waals surface area contributed by atoms with Crippen LogP contribution in [0.5, 0.6) is 0 Å². The third-order valence-electron chi connectivity index (χ3n) is 5.14. The van der Waals surface area contributed by atoms with E-state index in [1.165, 1.54) is 64.2 Å². The van der Waals surface area contributed by atoms with Gasteiger partial charge in [-0.3, -0.25) is 9.59 Å². The molecule has 0 fully saturated rings. The average molecular weight is 397 g/mol. The summed E-state index contributed by atoms with van der Waals surface area (Å²) >= 11 is 0. The maximum atomic E-state index is 11.7. The van der Waals surface area contributed by atoms with Crippen molar-refractivity contribution in [3.05, 3.63) is 12.7 Å². The highest BCUT2D eigenvalue weighted by atomic mass is 16.4. The van der Waals surface area contributed by atoms with Crippen molar-refractivity contribution in [3.8, 4) is 0 Å². The zero-order chi connectivity index (χ0) is 20.9. The Morgan fingerprint density at radius 2 is 1.32 bits per heavy atom. The Labute approximate surface area is 172 Å². The molecule has 28 heavy (non-hydrogen) atoms. The molecule has 0 aliphatic carbocycles. The molecule has 5 nitrogen and oxygen atoms in total. The molecule has 0 aromatic carbocycles. The zero-order valence-corrected chi connectivity index (χ0v) is 17.9. The number of hydrogen-bond donors (Lipinski definition) is 3. The van der Waals surface area contributed by atoms with Gasteiger partial charge in [0.1, 0.15) is 6.04 Å². The summed E-state index contributed by atoms with van der Waals surface area (Å²) in [5.74, 6) is -0.852. The van der Waals surface area contributed by atoms with Gasteiger partial charge in [-0.15, -0.1) is 6.58 Å². The Bertz CT molecular complexity index is 399. The third-order valence-corrected chi connectivity index (χ3v) is 5.14. The first-order valence-electron chi connectivity index (χ1n) is 11.4. The van der Waals surface area contributed by atoms with E-state index in [9.17, 15) is 9.59 Å². The molecule has 5 heteroatoms. The van der Waals surface area contributed by atoms with Gasteiger partial charge in [0.15, 0.2) is 0 Å². The second kappa shape index (κ2) is 20.4. The number of carbonyl (C=O) groups excluding carboxylic acids is 1. The Balaban J connectivity index is 3.22. The largest absolute Gasteiger partial charge is 0.480 e. The van der Waals surface area contributed by atoms with Crippen LogP contribution in [0, 0.1) is 0 Å². The predicted molar refractivity (Wildman–Crippen MR) is 117 cm³/mol. The van der Waals surface area contributed by atoms with Gasteiger partial charge < -0.3 is 16.2 Å². The number of hydrogen-bond acceptors (Lipinski definition) is 3. The van der Waals surface area contributed by atoms with Crippen LogP contribution in [0.25, 0.3) is 0 Å². The maximum Gasteiger partial charge on any atom is 0.320 e. The van der Waals surface area contributed by atoms with Gasteiger partial charge in [-0.1, -0.05) is 70.3 Å². The van der Waals surface area contributed by atoms with E-state index < -0.39 is 12.0 Å². The molecule has 4 N–H and O–H groups in total. The van der Waals surface area contributed by atoms with Crippen molar-refractivity contribution in [2.24, 2.45) is 5.73 Å². The fourth-order valence-corrected chi connectivity index (χ4v) is 3.27. The number of aliphatic carboxylic acids is 1. The minimum Gasteiger partial charge on any atom is -0.480 e. The Hall–Kier alpha value is -1.36. The van der Waals surface area contributed by atoms with E-state index >= 15 is 0 Å². The molecule has 0 rings (SSSR count). The number of nitrogens with two attached hydrogens (primary N) is 1. The van der Waals surface area contributed by atoms with E-state index in [4.69, 9.17) is 10.8 Å². The summed E-state index contributed by atoms with van der Waals surface area (Å²) in [6.07, 6.45) is 21.1. The first kappa shape index (κ1) is 26.6.